The fourth-order valence-electron chi connectivity index (χ4n) is 3.59. The van der Waals surface area contributed by atoms with Crippen molar-refractivity contribution in [3.05, 3.63) is 24.0 Å². The number of anilines is 2. The van der Waals surface area contributed by atoms with Crippen LogP contribution in [0.2, 0.25) is 0 Å². The second-order valence-corrected chi connectivity index (χ2v) is 7.22. The highest BCUT2D eigenvalue weighted by atomic mass is 19.1. The molecule has 3 aliphatic rings. The number of benzene rings is 1. The number of carbonyl (C=O) groups is 2. The van der Waals surface area contributed by atoms with E-state index >= 15 is 0 Å². The molecule has 1 saturated carbocycles. The molecule has 2 amide bonds. The number of nitrogens with zero attached hydrogens (tertiary/aromatic N) is 2. The number of carbonyl (C=O) groups excluding carboxylic acids is 2. The summed E-state index contributed by atoms with van der Waals surface area (Å²) in [6.45, 7) is 3.02. The standard InChI is InChI=1S/C19H24FN3O4/c20-16-10-14(4-5-17(16)22-6-8-26-9-7-22)23-12-15(27-19(23)25)11-21-18(24)13-2-1-3-13/h4-5,10,13,15H,1-3,6-9,11-12H2,(H,21,24)/t15-/m0/s1. The molecule has 1 N–H and O–H groups in total. The first-order chi connectivity index (χ1) is 13.1. The van der Waals surface area contributed by atoms with Gasteiger partial charge >= 0.3 is 6.09 Å². The maximum Gasteiger partial charge on any atom is 0.414 e. The largest absolute Gasteiger partial charge is 0.442 e. The third kappa shape index (κ3) is 3.85. The summed E-state index contributed by atoms with van der Waals surface area (Å²) >= 11 is 0. The summed E-state index contributed by atoms with van der Waals surface area (Å²) in [6, 6.07) is 4.78. The molecule has 0 radical (unpaired) electrons. The predicted molar refractivity (Wildman–Crippen MR) is 97.4 cm³/mol. The molecule has 4 rings (SSSR count). The highest BCUT2D eigenvalue weighted by Gasteiger charge is 2.34. The maximum absolute atomic E-state index is 14.6. The first-order valence-corrected chi connectivity index (χ1v) is 9.50. The van der Waals surface area contributed by atoms with E-state index in [-0.39, 0.29) is 24.2 Å². The van der Waals surface area contributed by atoms with Crippen LogP contribution in [0.1, 0.15) is 19.3 Å². The van der Waals surface area contributed by atoms with E-state index in [1.54, 1.807) is 12.1 Å². The zero-order valence-electron chi connectivity index (χ0n) is 15.2. The van der Waals surface area contributed by atoms with Crippen molar-refractivity contribution in [1.82, 2.24) is 5.32 Å². The molecule has 0 aromatic heterocycles. The summed E-state index contributed by atoms with van der Waals surface area (Å²) in [5.41, 5.74) is 0.973. The molecule has 146 valence electrons. The van der Waals surface area contributed by atoms with Crippen molar-refractivity contribution in [2.24, 2.45) is 5.92 Å². The first kappa shape index (κ1) is 18.0. The van der Waals surface area contributed by atoms with Gasteiger partial charge in [0.05, 0.1) is 37.7 Å². The van der Waals surface area contributed by atoms with E-state index in [2.05, 4.69) is 5.32 Å². The minimum Gasteiger partial charge on any atom is -0.442 e. The van der Waals surface area contributed by atoms with Gasteiger partial charge in [0.2, 0.25) is 5.91 Å². The normalized spacial score (nSPS) is 23.1. The molecule has 2 aliphatic heterocycles. The predicted octanol–water partition coefficient (Wildman–Crippen LogP) is 1.90. The number of nitrogens with one attached hydrogen (secondary N) is 1. The van der Waals surface area contributed by atoms with Gasteiger partial charge < -0.3 is 19.7 Å². The number of hydrogen-bond donors (Lipinski definition) is 1. The number of amides is 2. The zero-order chi connectivity index (χ0) is 18.8. The SMILES string of the molecule is O=C(NC[C@H]1CN(c2ccc(N3CCOCC3)c(F)c2)C(=O)O1)C1CCC1. The van der Waals surface area contributed by atoms with Crippen LogP contribution in [0, 0.1) is 11.7 Å². The van der Waals surface area contributed by atoms with Crippen LogP contribution in [-0.4, -0.2) is 57.5 Å². The fraction of sp³-hybridized carbons (Fsp3) is 0.579. The molecule has 1 aromatic carbocycles. The number of ether oxygens (including phenoxy) is 2. The van der Waals surface area contributed by atoms with Crippen LogP contribution in [0.5, 0.6) is 0 Å². The van der Waals surface area contributed by atoms with Gasteiger partial charge in [-0.25, -0.2) is 9.18 Å². The molecule has 0 spiro atoms. The molecule has 27 heavy (non-hydrogen) atoms. The van der Waals surface area contributed by atoms with Gasteiger partial charge in [-0.3, -0.25) is 9.69 Å². The van der Waals surface area contributed by atoms with E-state index in [4.69, 9.17) is 9.47 Å². The van der Waals surface area contributed by atoms with Crippen LogP contribution >= 0.6 is 0 Å². The van der Waals surface area contributed by atoms with Gasteiger partial charge in [0, 0.05) is 19.0 Å². The second kappa shape index (κ2) is 7.72. The second-order valence-electron chi connectivity index (χ2n) is 7.22. The lowest BCUT2D eigenvalue weighted by Gasteiger charge is -2.29. The summed E-state index contributed by atoms with van der Waals surface area (Å²) < 4.78 is 25.2. The van der Waals surface area contributed by atoms with E-state index in [9.17, 15) is 14.0 Å². The van der Waals surface area contributed by atoms with Crippen molar-refractivity contribution in [2.75, 3.05) is 49.2 Å². The van der Waals surface area contributed by atoms with Gasteiger partial charge in [0.25, 0.3) is 0 Å². The van der Waals surface area contributed by atoms with E-state index in [1.807, 2.05) is 4.90 Å². The van der Waals surface area contributed by atoms with Crippen LogP contribution in [0.15, 0.2) is 18.2 Å². The molecule has 2 heterocycles. The molecule has 1 aliphatic carbocycles. The molecule has 0 unspecified atom stereocenters. The highest BCUT2D eigenvalue weighted by molar-refractivity contribution is 5.90. The van der Waals surface area contributed by atoms with Crippen LogP contribution < -0.4 is 15.1 Å². The van der Waals surface area contributed by atoms with Gasteiger partial charge in [-0.15, -0.1) is 0 Å². The third-order valence-electron chi connectivity index (χ3n) is 5.45. The number of halogens is 1. The molecule has 3 fully saturated rings. The average Bonchev–Trinajstić information content (AvgIpc) is 3.00. The minimum absolute atomic E-state index is 0.0247. The lowest BCUT2D eigenvalue weighted by Crippen LogP contribution is -2.40. The summed E-state index contributed by atoms with van der Waals surface area (Å²) in [6.07, 6.45) is 2.00. The molecular formula is C19H24FN3O4. The van der Waals surface area contributed by atoms with E-state index in [0.29, 0.717) is 44.2 Å². The van der Waals surface area contributed by atoms with Crippen molar-refractivity contribution in [3.8, 4) is 0 Å². The zero-order valence-corrected chi connectivity index (χ0v) is 15.2. The van der Waals surface area contributed by atoms with Crippen molar-refractivity contribution < 1.29 is 23.5 Å². The molecule has 0 bridgehead atoms. The Bertz CT molecular complexity index is 719. The van der Waals surface area contributed by atoms with Crippen molar-refractivity contribution in [3.63, 3.8) is 0 Å². The highest BCUT2D eigenvalue weighted by Crippen LogP contribution is 2.29. The summed E-state index contributed by atoms with van der Waals surface area (Å²) in [4.78, 5) is 27.4. The Morgan fingerprint density at radius 1 is 1.26 bits per heavy atom. The Hall–Kier alpha value is -2.35. The Labute approximate surface area is 157 Å². The number of rotatable bonds is 5. The summed E-state index contributed by atoms with van der Waals surface area (Å²) in [7, 11) is 0. The van der Waals surface area contributed by atoms with Gasteiger partial charge in [0.15, 0.2) is 0 Å². The Morgan fingerprint density at radius 2 is 2.04 bits per heavy atom. The molecule has 8 heteroatoms. The average molecular weight is 377 g/mol. The van der Waals surface area contributed by atoms with Gasteiger partial charge in [-0.2, -0.15) is 0 Å². The van der Waals surface area contributed by atoms with E-state index < -0.39 is 12.2 Å². The summed E-state index contributed by atoms with van der Waals surface area (Å²) in [5, 5.41) is 2.85. The van der Waals surface area contributed by atoms with Gasteiger partial charge in [-0.05, 0) is 31.0 Å². The number of hydrogen-bond acceptors (Lipinski definition) is 5. The molecule has 7 nitrogen and oxygen atoms in total. The van der Waals surface area contributed by atoms with Crippen molar-refractivity contribution in [2.45, 2.75) is 25.4 Å². The van der Waals surface area contributed by atoms with Crippen LogP contribution in [0.3, 0.4) is 0 Å². The van der Waals surface area contributed by atoms with Crippen molar-refractivity contribution >= 4 is 23.4 Å². The maximum atomic E-state index is 14.6. The minimum atomic E-state index is -0.517. The number of cyclic esters (lactones) is 1. The topological polar surface area (TPSA) is 71.1 Å². The Balaban J connectivity index is 1.37. The van der Waals surface area contributed by atoms with Gasteiger partial charge in [-0.1, -0.05) is 6.42 Å². The molecular weight excluding hydrogens is 353 g/mol. The molecule has 1 atom stereocenters. The van der Waals surface area contributed by atoms with Crippen LogP contribution in [-0.2, 0) is 14.3 Å². The monoisotopic (exact) mass is 377 g/mol. The summed E-state index contributed by atoms with van der Waals surface area (Å²) in [5.74, 6) is -0.249. The first-order valence-electron chi connectivity index (χ1n) is 9.50. The number of morpholine rings is 1. The van der Waals surface area contributed by atoms with Crippen molar-refractivity contribution in [1.29, 1.82) is 0 Å². The van der Waals surface area contributed by atoms with Crippen LogP contribution in [0.4, 0.5) is 20.6 Å². The Morgan fingerprint density at radius 3 is 2.70 bits per heavy atom. The van der Waals surface area contributed by atoms with E-state index in [1.165, 1.54) is 11.0 Å². The quantitative estimate of drug-likeness (QED) is 0.849. The smallest absolute Gasteiger partial charge is 0.414 e. The van der Waals surface area contributed by atoms with E-state index in [0.717, 1.165) is 19.3 Å². The lowest BCUT2D eigenvalue weighted by atomic mass is 9.85. The third-order valence-corrected chi connectivity index (χ3v) is 5.45. The molecule has 1 aromatic rings. The van der Waals surface area contributed by atoms with Gasteiger partial charge in [0.1, 0.15) is 11.9 Å². The molecule has 2 saturated heterocycles. The van der Waals surface area contributed by atoms with Crippen LogP contribution in [0.25, 0.3) is 0 Å². The fourth-order valence-corrected chi connectivity index (χ4v) is 3.59. The Kier molecular flexibility index (Phi) is 5.15. The lowest BCUT2D eigenvalue weighted by molar-refractivity contribution is -0.127.